The van der Waals surface area contributed by atoms with Crippen LogP contribution < -0.4 is 10.2 Å². The van der Waals surface area contributed by atoms with Crippen molar-refractivity contribution in [2.45, 2.75) is 50.6 Å². The lowest BCUT2D eigenvalue weighted by molar-refractivity contribution is 0.438. The third-order valence-electron chi connectivity index (χ3n) is 6.26. The molecule has 3 heterocycles. The van der Waals surface area contributed by atoms with E-state index in [-0.39, 0.29) is 0 Å². The Morgan fingerprint density at radius 1 is 1.07 bits per heavy atom. The van der Waals surface area contributed by atoms with Crippen LogP contribution in [0.4, 0.5) is 17.2 Å². The van der Waals surface area contributed by atoms with Gasteiger partial charge in [0.2, 0.25) is 0 Å². The molecule has 6 heteroatoms. The van der Waals surface area contributed by atoms with Gasteiger partial charge < -0.3 is 10.2 Å². The summed E-state index contributed by atoms with van der Waals surface area (Å²) >= 11 is 3.48. The maximum Gasteiger partial charge on any atom is 0.190 e. The number of thiophene rings is 1. The van der Waals surface area contributed by atoms with Gasteiger partial charge >= 0.3 is 0 Å². The van der Waals surface area contributed by atoms with Gasteiger partial charge in [0.05, 0.1) is 5.39 Å². The molecule has 0 spiro atoms. The van der Waals surface area contributed by atoms with Crippen LogP contribution in [0.2, 0.25) is 0 Å². The highest BCUT2D eigenvalue weighted by Crippen LogP contribution is 2.40. The monoisotopic (exact) mass is 424 g/mol. The summed E-state index contributed by atoms with van der Waals surface area (Å²) in [5, 5.41) is 5.71. The number of thioether (sulfide) groups is 1. The largest absolute Gasteiger partial charge is 0.372 e. The minimum Gasteiger partial charge on any atom is -0.372 e. The second-order valence-electron chi connectivity index (χ2n) is 8.29. The molecule has 0 unspecified atom stereocenters. The summed E-state index contributed by atoms with van der Waals surface area (Å²) in [6.07, 6.45) is 9.53. The molecule has 0 amide bonds. The summed E-state index contributed by atoms with van der Waals surface area (Å²) in [5.41, 5.74) is 3.90. The molecule has 1 N–H and O–H groups in total. The van der Waals surface area contributed by atoms with Crippen LogP contribution in [-0.2, 0) is 12.8 Å². The molecule has 2 aliphatic rings. The van der Waals surface area contributed by atoms with Crippen LogP contribution in [0.15, 0.2) is 29.4 Å². The van der Waals surface area contributed by atoms with Crippen molar-refractivity contribution in [3.05, 3.63) is 34.7 Å². The van der Waals surface area contributed by atoms with E-state index < -0.39 is 0 Å². The Bertz CT molecular complexity index is 1000. The Morgan fingerprint density at radius 3 is 2.59 bits per heavy atom. The smallest absolute Gasteiger partial charge is 0.190 e. The van der Waals surface area contributed by atoms with Gasteiger partial charge in [-0.1, -0.05) is 18.7 Å². The lowest BCUT2D eigenvalue weighted by Gasteiger charge is -2.32. The highest BCUT2D eigenvalue weighted by Gasteiger charge is 2.21. The zero-order valence-corrected chi connectivity index (χ0v) is 18.8. The molecule has 152 valence electrons. The topological polar surface area (TPSA) is 41.1 Å². The van der Waals surface area contributed by atoms with E-state index in [1.165, 1.54) is 66.7 Å². The minimum atomic E-state index is 0.845. The molecule has 5 rings (SSSR count). The predicted molar refractivity (Wildman–Crippen MR) is 126 cm³/mol. The normalized spacial score (nSPS) is 17.5. The molecule has 2 aromatic heterocycles. The maximum absolute atomic E-state index is 4.85. The van der Waals surface area contributed by atoms with Crippen LogP contribution in [0.25, 0.3) is 10.2 Å². The molecule has 1 aliphatic heterocycles. The predicted octanol–water partition coefficient (Wildman–Crippen LogP) is 6.27. The second kappa shape index (κ2) is 8.15. The molecule has 0 saturated carbocycles. The summed E-state index contributed by atoms with van der Waals surface area (Å²) in [6.45, 7) is 4.69. The molecule has 1 fully saturated rings. The Kier molecular flexibility index (Phi) is 5.39. The number of aryl methyl sites for hydroxylation is 2. The Morgan fingerprint density at radius 2 is 1.83 bits per heavy atom. The van der Waals surface area contributed by atoms with Gasteiger partial charge in [0.25, 0.3) is 0 Å². The fourth-order valence-corrected chi connectivity index (χ4v) is 6.16. The Balaban J connectivity index is 1.44. The van der Waals surface area contributed by atoms with E-state index in [1.807, 2.05) is 17.6 Å². The summed E-state index contributed by atoms with van der Waals surface area (Å²) in [7, 11) is 0. The number of rotatable bonds is 4. The fourth-order valence-electron chi connectivity index (χ4n) is 4.48. The number of hydrogen-bond donors (Lipinski definition) is 1. The van der Waals surface area contributed by atoms with Gasteiger partial charge in [-0.25, -0.2) is 9.97 Å². The molecule has 0 radical (unpaired) electrons. The summed E-state index contributed by atoms with van der Waals surface area (Å²) in [6, 6.07) is 8.88. The number of anilines is 3. The van der Waals surface area contributed by atoms with Crippen LogP contribution >= 0.6 is 23.1 Å². The first-order chi connectivity index (χ1) is 14.2. The number of benzene rings is 1. The van der Waals surface area contributed by atoms with Gasteiger partial charge in [-0.05, 0) is 80.5 Å². The average molecular weight is 425 g/mol. The molecule has 3 aromatic rings. The molecule has 4 nitrogen and oxygen atoms in total. The number of aromatic nitrogens is 2. The standard InChI is InChI=1S/C23H28N4S2/c1-15-11-13-27(14-12-15)17-9-7-16(8-10-17)24-21-20-18-5-3-4-6-19(18)29-22(20)26-23(25-21)28-2/h7-10,15H,3-6,11-14H2,1-2H3,(H,24,25,26). The zero-order valence-electron chi connectivity index (χ0n) is 17.2. The van der Waals surface area contributed by atoms with E-state index in [9.17, 15) is 0 Å². The van der Waals surface area contributed by atoms with E-state index in [4.69, 9.17) is 9.97 Å². The van der Waals surface area contributed by atoms with Gasteiger partial charge in [-0.15, -0.1) is 11.3 Å². The van der Waals surface area contributed by atoms with Crippen molar-refractivity contribution >= 4 is 50.5 Å². The van der Waals surface area contributed by atoms with Gasteiger partial charge in [-0.2, -0.15) is 0 Å². The summed E-state index contributed by atoms with van der Waals surface area (Å²) in [4.78, 5) is 14.8. The van der Waals surface area contributed by atoms with Gasteiger partial charge in [-0.3, -0.25) is 0 Å². The van der Waals surface area contributed by atoms with E-state index in [1.54, 1.807) is 11.8 Å². The molecular weight excluding hydrogens is 396 g/mol. The Hall–Kier alpha value is -1.79. The van der Waals surface area contributed by atoms with Crippen molar-refractivity contribution < 1.29 is 0 Å². The van der Waals surface area contributed by atoms with Crippen LogP contribution in [0.5, 0.6) is 0 Å². The van der Waals surface area contributed by atoms with Crippen molar-refractivity contribution in [3.8, 4) is 0 Å². The highest BCUT2D eigenvalue weighted by molar-refractivity contribution is 7.98. The van der Waals surface area contributed by atoms with Crippen molar-refractivity contribution in [2.75, 3.05) is 29.6 Å². The van der Waals surface area contributed by atoms with Crippen LogP contribution in [-0.4, -0.2) is 29.3 Å². The van der Waals surface area contributed by atoms with Crippen molar-refractivity contribution in [1.29, 1.82) is 0 Å². The molecule has 1 saturated heterocycles. The van der Waals surface area contributed by atoms with E-state index in [0.29, 0.717) is 0 Å². The molecular formula is C23H28N4S2. The fraction of sp³-hybridized carbons (Fsp3) is 0.478. The minimum absolute atomic E-state index is 0.845. The van der Waals surface area contributed by atoms with Crippen molar-refractivity contribution in [3.63, 3.8) is 0 Å². The molecule has 1 aliphatic carbocycles. The third kappa shape index (κ3) is 3.84. The number of nitrogens with zero attached hydrogens (tertiary/aromatic N) is 3. The first-order valence-corrected chi connectivity index (χ1v) is 12.7. The number of hydrogen-bond acceptors (Lipinski definition) is 6. The molecule has 0 bridgehead atoms. The number of piperidine rings is 1. The van der Waals surface area contributed by atoms with E-state index in [2.05, 4.69) is 41.4 Å². The van der Waals surface area contributed by atoms with Crippen LogP contribution in [0.3, 0.4) is 0 Å². The van der Waals surface area contributed by atoms with Crippen LogP contribution in [0, 0.1) is 5.92 Å². The number of fused-ring (bicyclic) bond motifs is 3. The first-order valence-electron chi connectivity index (χ1n) is 10.7. The SMILES string of the molecule is CSc1nc(Nc2ccc(N3CCC(C)CC3)cc2)c2c3c(sc2n1)CCCC3. The first kappa shape index (κ1) is 19.2. The summed E-state index contributed by atoms with van der Waals surface area (Å²) < 4.78 is 0. The molecule has 1 aromatic carbocycles. The maximum atomic E-state index is 4.85. The van der Waals surface area contributed by atoms with Crippen molar-refractivity contribution in [2.24, 2.45) is 5.92 Å². The lowest BCUT2D eigenvalue weighted by atomic mass is 9.97. The quantitative estimate of drug-likeness (QED) is 0.395. The summed E-state index contributed by atoms with van der Waals surface area (Å²) in [5.74, 6) is 1.83. The molecule has 29 heavy (non-hydrogen) atoms. The van der Waals surface area contributed by atoms with Gasteiger partial charge in [0.15, 0.2) is 5.16 Å². The molecule has 0 atom stereocenters. The van der Waals surface area contributed by atoms with Gasteiger partial charge in [0, 0.05) is 29.3 Å². The van der Waals surface area contributed by atoms with Crippen LogP contribution in [0.1, 0.15) is 43.0 Å². The second-order valence-corrected chi connectivity index (χ2v) is 10.1. The third-order valence-corrected chi connectivity index (χ3v) is 7.99. The van der Waals surface area contributed by atoms with Crippen molar-refractivity contribution in [1.82, 2.24) is 9.97 Å². The Labute approximate surface area is 181 Å². The zero-order chi connectivity index (χ0) is 19.8. The highest BCUT2D eigenvalue weighted by atomic mass is 32.2. The van der Waals surface area contributed by atoms with E-state index in [0.717, 1.165) is 33.8 Å². The number of nitrogens with one attached hydrogen (secondary N) is 1. The van der Waals surface area contributed by atoms with Gasteiger partial charge in [0.1, 0.15) is 10.6 Å². The lowest BCUT2D eigenvalue weighted by Crippen LogP contribution is -2.32. The van der Waals surface area contributed by atoms with E-state index >= 15 is 0 Å². The average Bonchev–Trinajstić information content (AvgIpc) is 3.13.